The van der Waals surface area contributed by atoms with Crippen LogP contribution in [0, 0.1) is 0 Å². The first-order valence-corrected chi connectivity index (χ1v) is 8.83. The number of thiophene rings is 1. The fourth-order valence-electron chi connectivity index (χ4n) is 2.54. The summed E-state index contributed by atoms with van der Waals surface area (Å²) in [5, 5.41) is 3.11. The molecule has 0 bridgehead atoms. The van der Waals surface area contributed by atoms with Crippen LogP contribution < -0.4 is 0 Å². The van der Waals surface area contributed by atoms with Gasteiger partial charge in [-0.25, -0.2) is 4.98 Å². The predicted molar refractivity (Wildman–Crippen MR) is 95.7 cm³/mol. The molecule has 0 unspecified atom stereocenters. The van der Waals surface area contributed by atoms with E-state index in [0.717, 1.165) is 30.3 Å². The number of hydrogen-bond acceptors (Lipinski definition) is 3. The van der Waals surface area contributed by atoms with Crippen LogP contribution in [0.1, 0.15) is 35.1 Å². The van der Waals surface area contributed by atoms with Gasteiger partial charge < -0.3 is 4.90 Å². The van der Waals surface area contributed by atoms with Crippen LogP contribution >= 0.6 is 11.3 Å². The highest BCUT2D eigenvalue weighted by molar-refractivity contribution is 7.09. The highest BCUT2D eigenvalue weighted by Gasteiger charge is 2.17. The molecule has 0 spiro atoms. The molecule has 3 aromatic rings. The SMILES string of the molecule is CCCCN(Cc1cccs1)C(=O)c1ccc2ccccc2n1. The number of hydrogen-bond donors (Lipinski definition) is 0. The van der Waals surface area contributed by atoms with Crippen molar-refractivity contribution in [1.29, 1.82) is 0 Å². The number of carbonyl (C=O) groups is 1. The Bertz CT molecular complexity index is 783. The van der Waals surface area contributed by atoms with E-state index >= 15 is 0 Å². The van der Waals surface area contributed by atoms with E-state index in [9.17, 15) is 4.79 Å². The first-order chi connectivity index (χ1) is 11.3. The highest BCUT2D eigenvalue weighted by atomic mass is 32.1. The van der Waals surface area contributed by atoms with Gasteiger partial charge in [0.1, 0.15) is 5.69 Å². The zero-order chi connectivity index (χ0) is 16.1. The average Bonchev–Trinajstić information content (AvgIpc) is 3.10. The fraction of sp³-hybridized carbons (Fsp3) is 0.263. The third-order valence-corrected chi connectivity index (χ3v) is 4.67. The van der Waals surface area contributed by atoms with E-state index in [2.05, 4.69) is 18.0 Å². The van der Waals surface area contributed by atoms with E-state index in [0.29, 0.717) is 12.2 Å². The predicted octanol–water partition coefficient (Wildman–Crippen LogP) is 4.74. The van der Waals surface area contributed by atoms with E-state index in [1.54, 1.807) is 11.3 Å². The van der Waals surface area contributed by atoms with E-state index in [4.69, 9.17) is 0 Å². The van der Waals surface area contributed by atoms with Crippen molar-refractivity contribution in [3.8, 4) is 0 Å². The van der Waals surface area contributed by atoms with Gasteiger partial charge in [-0.15, -0.1) is 11.3 Å². The number of amides is 1. The molecular formula is C19H20N2OS. The van der Waals surface area contributed by atoms with Crippen molar-refractivity contribution in [2.75, 3.05) is 6.54 Å². The third-order valence-electron chi connectivity index (χ3n) is 3.81. The van der Waals surface area contributed by atoms with Gasteiger partial charge in [0.25, 0.3) is 5.91 Å². The summed E-state index contributed by atoms with van der Waals surface area (Å²) in [5.41, 5.74) is 1.39. The summed E-state index contributed by atoms with van der Waals surface area (Å²) in [6.07, 6.45) is 2.07. The minimum atomic E-state index is 0.0117. The Morgan fingerprint density at radius 2 is 2.00 bits per heavy atom. The van der Waals surface area contributed by atoms with Crippen molar-refractivity contribution in [3.05, 3.63) is 64.5 Å². The summed E-state index contributed by atoms with van der Waals surface area (Å²) in [4.78, 5) is 20.5. The van der Waals surface area contributed by atoms with Crippen LogP contribution in [-0.4, -0.2) is 22.3 Å². The topological polar surface area (TPSA) is 33.2 Å². The van der Waals surface area contributed by atoms with Gasteiger partial charge in [-0.1, -0.05) is 43.7 Å². The van der Waals surface area contributed by atoms with Crippen molar-refractivity contribution in [1.82, 2.24) is 9.88 Å². The Hall–Kier alpha value is -2.20. The standard InChI is InChI=1S/C19H20N2OS/c1-2-3-12-21(14-16-8-6-13-23-16)19(22)18-11-10-15-7-4-5-9-17(15)20-18/h4-11,13H,2-3,12,14H2,1H3. The summed E-state index contributed by atoms with van der Waals surface area (Å²) >= 11 is 1.69. The van der Waals surface area contributed by atoms with Gasteiger partial charge in [-0.05, 0) is 30.0 Å². The van der Waals surface area contributed by atoms with E-state index < -0.39 is 0 Å². The van der Waals surface area contributed by atoms with Crippen LogP contribution in [-0.2, 0) is 6.54 Å². The molecule has 3 nitrogen and oxygen atoms in total. The molecule has 1 amide bonds. The van der Waals surface area contributed by atoms with Crippen LogP contribution in [0.2, 0.25) is 0 Å². The summed E-state index contributed by atoms with van der Waals surface area (Å²) in [5.74, 6) is 0.0117. The smallest absolute Gasteiger partial charge is 0.272 e. The number of pyridine rings is 1. The highest BCUT2D eigenvalue weighted by Crippen LogP contribution is 2.17. The Morgan fingerprint density at radius 1 is 1.13 bits per heavy atom. The second kappa shape index (κ2) is 7.38. The normalized spacial score (nSPS) is 10.8. The molecule has 118 valence electrons. The Labute approximate surface area is 140 Å². The molecule has 0 fully saturated rings. The minimum absolute atomic E-state index is 0.0117. The van der Waals surface area contributed by atoms with Crippen molar-refractivity contribution in [2.24, 2.45) is 0 Å². The molecule has 4 heteroatoms. The maximum absolute atomic E-state index is 12.9. The molecule has 0 saturated heterocycles. The molecule has 23 heavy (non-hydrogen) atoms. The molecule has 3 rings (SSSR count). The zero-order valence-electron chi connectivity index (χ0n) is 13.2. The van der Waals surface area contributed by atoms with Gasteiger partial charge in [-0.3, -0.25) is 4.79 Å². The molecule has 0 N–H and O–H groups in total. The summed E-state index contributed by atoms with van der Waals surface area (Å²) in [7, 11) is 0. The first-order valence-electron chi connectivity index (χ1n) is 7.95. The van der Waals surface area contributed by atoms with E-state index in [1.807, 2.05) is 52.7 Å². The maximum Gasteiger partial charge on any atom is 0.272 e. The number of fused-ring (bicyclic) bond motifs is 1. The Morgan fingerprint density at radius 3 is 2.78 bits per heavy atom. The summed E-state index contributed by atoms with van der Waals surface area (Å²) in [6, 6.07) is 15.8. The molecule has 1 aromatic carbocycles. The van der Waals surface area contributed by atoms with Gasteiger partial charge in [-0.2, -0.15) is 0 Å². The lowest BCUT2D eigenvalue weighted by atomic mass is 10.2. The monoisotopic (exact) mass is 324 g/mol. The largest absolute Gasteiger partial charge is 0.332 e. The molecular weight excluding hydrogens is 304 g/mol. The average molecular weight is 324 g/mol. The Kier molecular flexibility index (Phi) is 5.03. The molecule has 0 atom stereocenters. The molecule has 0 aliphatic rings. The van der Waals surface area contributed by atoms with Gasteiger partial charge in [0, 0.05) is 16.8 Å². The summed E-state index contributed by atoms with van der Waals surface area (Å²) in [6.45, 7) is 3.56. The van der Waals surface area contributed by atoms with Crippen molar-refractivity contribution in [3.63, 3.8) is 0 Å². The lowest BCUT2D eigenvalue weighted by Crippen LogP contribution is -2.31. The number of rotatable bonds is 6. The van der Waals surface area contributed by atoms with Gasteiger partial charge in [0.15, 0.2) is 0 Å². The number of unbranched alkanes of at least 4 members (excludes halogenated alkanes) is 1. The number of nitrogens with zero attached hydrogens (tertiary/aromatic N) is 2. The van der Waals surface area contributed by atoms with Gasteiger partial charge in [0.2, 0.25) is 0 Å². The third kappa shape index (κ3) is 3.77. The van der Waals surface area contributed by atoms with Crippen LogP contribution in [0.25, 0.3) is 10.9 Å². The molecule has 2 aromatic heterocycles. The second-order valence-electron chi connectivity index (χ2n) is 5.55. The van der Waals surface area contributed by atoms with Crippen molar-refractivity contribution >= 4 is 28.1 Å². The van der Waals surface area contributed by atoms with Crippen LogP contribution in [0.3, 0.4) is 0 Å². The van der Waals surface area contributed by atoms with Crippen LogP contribution in [0.5, 0.6) is 0 Å². The van der Waals surface area contributed by atoms with Gasteiger partial charge in [0.05, 0.1) is 12.1 Å². The lowest BCUT2D eigenvalue weighted by molar-refractivity contribution is 0.0737. The molecule has 2 heterocycles. The van der Waals surface area contributed by atoms with E-state index in [1.165, 1.54) is 4.88 Å². The number of benzene rings is 1. The second-order valence-corrected chi connectivity index (χ2v) is 6.58. The van der Waals surface area contributed by atoms with Crippen LogP contribution in [0.4, 0.5) is 0 Å². The quantitative estimate of drug-likeness (QED) is 0.656. The zero-order valence-corrected chi connectivity index (χ0v) is 14.1. The fourth-order valence-corrected chi connectivity index (χ4v) is 3.26. The van der Waals surface area contributed by atoms with Crippen LogP contribution in [0.15, 0.2) is 53.9 Å². The number of carbonyl (C=O) groups excluding carboxylic acids is 1. The first kappa shape index (κ1) is 15.7. The molecule has 0 radical (unpaired) electrons. The van der Waals surface area contributed by atoms with Crippen molar-refractivity contribution < 1.29 is 4.79 Å². The molecule has 0 aliphatic carbocycles. The van der Waals surface area contributed by atoms with E-state index in [-0.39, 0.29) is 5.91 Å². The number of para-hydroxylation sites is 1. The number of aromatic nitrogens is 1. The van der Waals surface area contributed by atoms with Gasteiger partial charge >= 0.3 is 0 Å². The minimum Gasteiger partial charge on any atom is -0.332 e. The molecule has 0 saturated carbocycles. The maximum atomic E-state index is 12.9. The lowest BCUT2D eigenvalue weighted by Gasteiger charge is -2.21. The van der Waals surface area contributed by atoms with Crippen molar-refractivity contribution in [2.45, 2.75) is 26.3 Å². The summed E-state index contributed by atoms with van der Waals surface area (Å²) < 4.78 is 0. The molecule has 0 aliphatic heterocycles. The Balaban J connectivity index is 1.85.